The van der Waals surface area contributed by atoms with Crippen LogP contribution in [-0.2, 0) is 15.6 Å². The van der Waals surface area contributed by atoms with Crippen LogP contribution in [0.1, 0.15) is 5.56 Å². The molecule has 16 heavy (non-hydrogen) atoms. The minimum Gasteiger partial charge on any atom is -0.395 e. The van der Waals surface area contributed by atoms with Gasteiger partial charge in [0.1, 0.15) is 5.75 Å². The van der Waals surface area contributed by atoms with Gasteiger partial charge in [0.25, 0.3) is 0 Å². The van der Waals surface area contributed by atoms with Crippen LogP contribution in [0, 0.1) is 6.92 Å². The molecule has 0 bridgehead atoms. The first kappa shape index (κ1) is 12.9. The number of nitrogens with one attached hydrogen (secondary N) is 1. The highest BCUT2D eigenvalue weighted by Gasteiger charge is 2.08. The Bertz CT molecular complexity index is 393. The molecule has 0 fully saturated rings. The molecule has 1 unspecified atom stereocenters. The number of carbonyl (C=O) groups is 1. The first-order valence-electron chi connectivity index (χ1n) is 4.95. The highest BCUT2D eigenvalue weighted by molar-refractivity contribution is 7.85. The average Bonchev–Trinajstić information content (AvgIpc) is 2.21. The molecule has 1 amide bonds. The monoisotopic (exact) mass is 241 g/mol. The summed E-state index contributed by atoms with van der Waals surface area (Å²) in [5.41, 5.74) is 1.69. The largest absolute Gasteiger partial charge is 0.395 e. The van der Waals surface area contributed by atoms with Crippen molar-refractivity contribution in [1.29, 1.82) is 0 Å². The topological polar surface area (TPSA) is 66.4 Å². The standard InChI is InChI=1S/C11H15NO3S/c1-9-4-2-3-5-10(9)12-11(14)8-16(15)7-6-13/h2-5,13H,6-8H2,1H3,(H,12,14). The zero-order valence-electron chi connectivity index (χ0n) is 9.10. The summed E-state index contributed by atoms with van der Waals surface area (Å²) >= 11 is 0. The number of amides is 1. The van der Waals surface area contributed by atoms with Crippen LogP contribution in [0.3, 0.4) is 0 Å². The minimum absolute atomic E-state index is 0.0745. The Morgan fingerprint density at radius 2 is 2.12 bits per heavy atom. The fourth-order valence-electron chi connectivity index (χ4n) is 1.22. The highest BCUT2D eigenvalue weighted by atomic mass is 32.2. The van der Waals surface area contributed by atoms with E-state index in [0.29, 0.717) is 0 Å². The number of aliphatic hydroxyl groups is 1. The smallest absolute Gasteiger partial charge is 0.236 e. The van der Waals surface area contributed by atoms with Gasteiger partial charge < -0.3 is 10.4 Å². The fourth-order valence-corrected chi connectivity index (χ4v) is 1.93. The lowest BCUT2D eigenvalue weighted by Gasteiger charge is -2.07. The van der Waals surface area contributed by atoms with Gasteiger partial charge in [-0.05, 0) is 18.6 Å². The van der Waals surface area contributed by atoms with E-state index in [0.717, 1.165) is 11.3 Å². The van der Waals surface area contributed by atoms with E-state index in [-0.39, 0.29) is 24.0 Å². The van der Waals surface area contributed by atoms with Gasteiger partial charge in [0.05, 0.1) is 6.61 Å². The van der Waals surface area contributed by atoms with E-state index in [9.17, 15) is 9.00 Å². The molecule has 1 atom stereocenters. The van der Waals surface area contributed by atoms with Gasteiger partial charge in [-0.25, -0.2) is 0 Å². The molecule has 0 saturated carbocycles. The maximum absolute atomic E-state index is 11.5. The minimum atomic E-state index is -1.29. The van der Waals surface area contributed by atoms with Crippen molar-refractivity contribution in [1.82, 2.24) is 0 Å². The van der Waals surface area contributed by atoms with E-state index in [1.165, 1.54) is 0 Å². The van der Waals surface area contributed by atoms with Crippen molar-refractivity contribution in [3.8, 4) is 0 Å². The number of anilines is 1. The molecule has 0 spiro atoms. The van der Waals surface area contributed by atoms with Gasteiger partial charge in [0, 0.05) is 22.2 Å². The van der Waals surface area contributed by atoms with E-state index in [1.807, 2.05) is 25.1 Å². The molecule has 0 aromatic heterocycles. The molecule has 0 heterocycles. The Balaban J connectivity index is 2.52. The van der Waals surface area contributed by atoms with Crippen molar-refractivity contribution in [2.75, 3.05) is 23.4 Å². The zero-order valence-corrected chi connectivity index (χ0v) is 9.92. The maximum atomic E-state index is 11.5. The molecule has 1 rings (SSSR count). The van der Waals surface area contributed by atoms with E-state index < -0.39 is 10.8 Å². The number of hydrogen-bond acceptors (Lipinski definition) is 3. The van der Waals surface area contributed by atoms with Gasteiger partial charge >= 0.3 is 0 Å². The third-order valence-electron chi connectivity index (χ3n) is 2.03. The van der Waals surface area contributed by atoms with Crippen LogP contribution in [0.15, 0.2) is 24.3 Å². The summed E-state index contributed by atoms with van der Waals surface area (Å²) in [6, 6.07) is 7.39. The van der Waals surface area contributed by atoms with Crippen LogP contribution >= 0.6 is 0 Å². The Morgan fingerprint density at radius 3 is 2.75 bits per heavy atom. The van der Waals surface area contributed by atoms with Crippen LogP contribution in [0.25, 0.3) is 0 Å². The second kappa shape index (κ2) is 6.40. The molecule has 0 aliphatic rings. The molecule has 5 heteroatoms. The van der Waals surface area contributed by atoms with Crippen LogP contribution in [0.2, 0.25) is 0 Å². The van der Waals surface area contributed by atoms with Gasteiger partial charge in [-0.3, -0.25) is 9.00 Å². The molecule has 2 N–H and O–H groups in total. The summed E-state index contributed by atoms with van der Waals surface area (Å²) in [5.74, 6) is -0.225. The lowest BCUT2D eigenvalue weighted by atomic mass is 10.2. The molecule has 1 aromatic carbocycles. The highest BCUT2D eigenvalue weighted by Crippen LogP contribution is 2.12. The third kappa shape index (κ3) is 4.12. The molecule has 88 valence electrons. The Morgan fingerprint density at radius 1 is 1.44 bits per heavy atom. The molecule has 0 aliphatic carbocycles. The van der Waals surface area contributed by atoms with Crippen molar-refractivity contribution in [2.24, 2.45) is 0 Å². The number of para-hydroxylation sites is 1. The third-order valence-corrected chi connectivity index (χ3v) is 3.25. The second-order valence-corrected chi connectivity index (χ2v) is 4.95. The normalized spacial score (nSPS) is 12.1. The SMILES string of the molecule is Cc1ccccc1NC(=O)CS(=O)CCO. The summed E-state index contributed by atoms with van der Waals surface area (Å²) < 4.78 is 11.2. The quantitative estimate of drug-likeness (QED) is 0.796. The van der Waals surface area contributed by atoms with E-state index in [4.69, 9.17) is 5.11 Å². The number of aryl methyl sites for hydroxylation is 1. The van der Waals surface area contributed by atoms with Gasteiger partial charge in [0.2, 0.25) is 5.91 Å². The van der Waals surface area contributed by atoms with Gasteiger partial charge in [-0.1, -0.05) is 18.2 Å². The zero-order chi connectivity index (χ0) is 12.0. The van der Waals surface area contributed by atoms with Crippen molar-refractivity contribution >= 4 is 22.4 Å². The molecular formula is C11H15NO3S. The fraction of sp³-hybridized carbons (Fsp3) is 0.364. The van der Waals surface area contributed by atoms with Crippen LogP contribution < -0.4 is 5.32 Å². The number of benzene rings is 1. The summed E-state index contributed by atoms with van der Waals surface area (Å²) in [4.78, 5) is 11.5. The number of hydrogen-bond donors (Lipinski definition) is 2. The number of carbonyl (C=O) groups excluding carboxylic acids is 1. The second-order valence-electron chi connectivity index (χ2n) is 3.37. The van der Waals surface area contributed by atoms with Crippen molar-refractivity contribution in [3.05, 3.63) is 29.8 Å². The van der Waals surface area contributed by atoms with Crippen LogP contribution in [0.4, 0.5) is 5.69 Å². The van der Waals surface area contributed by atoms with Crippen LogP contribution in [0.5, 0.6) is 0 Å². The molecule has 4 nitrogen and oxygen atoms in total. The maximum Gasteiger partial charge on any atom is 0.236 e. The van der Waals surface area contributed by atoms with Gasteiger partial charge in [-0.2, -0.15) is 0 Å². The van der Waals surface area contributed by atoms with Crippen molar-refractivity contribution < 1.29 is 14.1 Å². The van der Waals surface area contributed by atoms with Crippen LogP contribution in [-0.4, -0.2) is 33.3 Å². The predicted octanol–water partition coefficient (Wildman–Crippen LogP) is 0.675. The first-order chi connectivity index (χ1) is 7.63. The molecular weight excluding hydrogens is 226 g/mol. The van der Waals surface area contributed by atoms with Crippen molar-refractivity contribution in [2.45, 2.75) is 6.92 Å². The van der Waals surface area contributed by atoms with Crippen molar-refractivity contribution in [3.63, 3.8) is 0 Å². The lowest BCUT2D eigenvalue weighted by Crippen LogP contribution is -2.22. The summed E-state index contributed by atoms with van der Waals surface area (Å²) in [5, 5.41) is 11.2. The number of rotatable bonds is 5. The predicted molar refractivity (Wildman–Crippen MR) is 64.8 cm³/mol. The molecule has 0 radical (unpaired) electrons. The molecule has 1 aromatic rings. The summed E-state index contributed by atoms with van der Waals surface area (Å²) in [7, 11) is -1.29. The van der Waals surface area contributed by atoms with E-state index in [1.54, 1.807) is 6.07 Å². The Kier molecular flexibility index (Phi) is 5.14. The average molecular weight is 241 g/mol. The van der Waals surface area contributed by atoms with E-state index in [2.05, 4.69) is 5.32 Å². The molecule has 0 saturated heterocycles. The lowest BCUT2D eigenvalue weighted by molar-refractivity contribution is -0.113. The Hall–Kier alpha value is -1.20. The Labute approximate surface area is 97.1 Å². The van der Waals surface area contributed by atoms with E-state index >= 15 is 0 Å². The number of aliphatic hydroxyl groups excluding tert-OH is 1. The van der Waals surface area contributed by atoms with Gasteiger partial charge in [0.15, 0.2) is 0 Å². The molecule has 0 aliphatic heterocycles. The summed E-state index contributed by atoms with van der Waals surface area (Å²) in [6.07, 6.45) is 0. The first-order valence-corrected chi connectivity index (χ1v) is 6.43. The summed E-state index contributed by atoms with van der Waals surface area (Å²) in [6.45, 7) is 1.73. The van der Waals surface area contributed by atoms with Gasteiger partial charge in [-0.15, -0.1) is 0 Å².